The van der Waals surface area contributed by atoms with E-state index in [1.165, 1.54) is 13.8 Å². The van der Waals surface area contributed by atoms with Gasteiger partial charge in [0.15, 0.2) is 6.29 Å². The molecule has 0 N–H and O–H groups in total. The van der Waals surface area contributed by atoms with Gasteiger partial charge in [-0.25, -0.2) is 4.79 Å². The van der Waals surface area contributed by atoms with Gasteiger partial charge < -0.3 is 28.1 Å². The van der Waals surface area contributed by atoms with Crippen molar-refractivity contribution in [3.63, 3.8) is 0 Å². The van der Waals surface area contributed by atoms with Crippen LogP contribution in [0.1, 0.15) is 61.6 Å². The number of epoxide rings is 2. The largest absolute Gasteiger partial charge is 0.462 e. The Morgan fingerprint density at radius 2 is 2.03 bits per heavy atom. The molecule has 7 atom stereocenters. The van der Waals surface area contributed by atoms with Gasteiger partial charge in [0.25, 0.3) is 0 Å². The normalized spacial score (nSPS) is 37.5. The fraction of sp³-hybridized carbons (Fsp3) is 0.583. The topological polar surface area (TPSA) is 134 Å². The molecule has 1 aromatic heterocycles. The maximum absolute atomic E-state index is 13.0. The van der Waals surface area contributed by atoms with Crippen LogP contribution in [0, 0.1) is 5.92 Å². The predicted molar refractivity (Wildman–Crippen MR) is 112 cm³/mol. The Balaban J connectivity index is 1.55. The number of carbonyl (C=O) groups is 4. The first-order valence-corrected chi connectivity index (χ1v) is 11.2. The standard InChI is InChI=1S/C24H26O10/c1-11(10-29-12(2)26)14-5-16-15(9-25)6-17(31-16)20-23(4,33-20)8-18-21-24(34-21,22(28)32-18)19(7-14)30-13(3)27/h6,9,14,18-21H,1,5,7-8,10H2,2-4H3. The number of aldehydes is 1. The average molecular weight is 474 g/mol. The highest BCUT2D eigenvalue weighted by Crippen LogP contribution is 2.59. The minimum atomic E-state index is -1.41. The van der Waals surface area contributed by atoms with Gasteiger partial charge in [0.1, 0.15) is 48.1 Å². The molecule has 0 amide bonds. The van der Waals surface area contributed by atoms with Crippen molar-refractivity contribution in [1.82, 2.24) is 0 Å². The molecule has 4 aliphatic rings. The van der Waals surface area contributed by atoms with E-state index < -0.39 is 59.4 Å². The second kappa shape index (κ2) is 7.78. The fourth-order valence-corrected chi connectivity index (χ4v) is 5.22. The number of furan rings is 1. The molecule has 0 radical (unpaired) electrons. The van der Waals surface area contributed by atoms with Crippen LogP contribution in [0.4, 0.5) is 0 Å². The van der Waals surface area contributed by atoms with Gasteiger partial charge in [0.05, 0.1) is 5.56 Å². The SMILES string of the molecule is C=C(COC(C)=O)C1Cc2oc(cc2C=O)C2OC2(C)CC2OC(=O)C3(OC23)C(OC(C)=O)C1. The molecule has 0 saturated carbocycles. The van der Waals surface area contributed by atoms with Gasteiger partial charge in [0.2, 0.25) is 5.60 Å². The Labute approximate surface area is 195 Å². The third-order valence-corrected chi connectivity index (χ3v) is 7.09. The summed E-state index contributed by atoms with van der Waals surface area (Å²) < 4.78 is 34.2. The van der Waals surface area contributed by atoms with Gasteiger partial charge >= 0.3 is 17.9 Å². The summed E-state index contributed by atoms with van der Waals surface area (Å²) in [6.45, 7) is 8.39. The lowest BCUT2D eigenvalue weighted by atomic mass is 9.83. The lowest BCUT2D eigenvalue weighted by Gasteiger charge is -2.26. The zero-order valence-electron chi connectivity index (χ0n) is 19.2. The Kier molecular flexibility index (Phi) is 5.21. The number of hydrogen-bond donors (Lipinski definition) is 0. The van der Waals surface area contributed by atoms with E-state index in [1.54, 1.807) is 6.07 Å². The van der Waals surface area contributed by atoms with E-state index in [0.717, 1.165) is 0 Å². The molecule has 5 rings (SSSR count). The molecule has 3 fully saturated rings. The molecule has 5 heterocycles. The van der Waals surface area contributed by atoms with Gasteiger partial charge in [-0.1, -0.05) is 6.58 Å². The highest BCUT2D eigenvalue weighted by atomic mass is 16.7. The van der Waals surface area contributed by atoms with Crippen molar-refractivity contribution in [1.29, 1.82) is 0 Å². The van der Waals surface area contributed by atoms with E-state index in [0.29, 0.717) is 35.4 Å². The lowest BCUT2D eigenvalue weighted by molar-refractivity contribution is -0.165. The quantitative estimate of drug-likeness (QED) is 0.205. The van der Waals surface area contributed by atoms with Gasteiger partial charge in [-0.05, 0) is 30.9 Å². The molecular weight excluding hydrogens is 448 g/mol. The van der Waals surface area contributed by atoms with Crippen LogP contribution in [-0.4, -0.2) is 60.3 Å². The first kappa shape index (κ1) is 22.8. The number of esters is 3. The summed E-state index contributed by atoms with van der Waals surface area (Å²) in [5, 5.41) is 0. The molecule has 34 heavy (non-hydrogen) atoms. The first-order valence-electron chi connectivity index (χ1n) is 11.2. The molecule has 0 spiro atoms. The van der Waals surface area contributed by atoms with E-state index in [4.69, 9.17) is 28.1 Å². The van der Waals surface area contributed by atoms with Crippen LogP contribution in [0.3, 0.4) is 0 Å². The number of rotatable bonds is 5. The van der Waals surface area contributed by atoms with Crippen molar-refractivity contribution in [2.24, 2.45) is 5.92 Å². The molecule has 10 nitrogen and oxygen atoms in total. The Morgan fingerprint density at radius 1 is 1.26 bits per heavy atom. The first-order chi connectivity index (χ1) is 16.1. The number of hydrogen-bond acceptors (Lipinski definition) is 10. The van der Waals surface area contributed by atoms with E-state index in [9.17, 15) is 19.2 Å². The summed E-state index contributed by atoms with van der Waals surface area (Å²) in [6.07, 6.45) is -1.13. The molecule has 0 aliphatic carbocycles. The zero-order chi connectivity index (χ0) is 24.4. The van der Waals surface area contributed by atoms with E-state index in [2.05, 4.69) is 6.58 Å². The van der Waals surface area contributed by atoms with E-state index in [1.807, 2.05) is 6.92 Å². The summed E-state index contributed by atoms with van der Waals surface area (Å²) in [5.74, 6) is -1.19. The summed E-state index contributed by atoms with van der Waals surface area (Å²) in [6, 6.07) is 1.65. The molecule has 10 heteroatoms. The summed E-state index contributed by atoms with van der Waals surface area (Å²) in [7, 11) is 0. The molecule has 1 aromatic rings. The molecule has 7 unspecified atom stereocenters. The summed E-state index contributed by atoms with van der Waals surface area (Å²) in [5.41, 5.74) is -1.19. The van der Waals surface area contributed by atoms with Crippen molar-refractivity contribution in [3.05, 3.63) is 35.3 Å². The molecule has 3 saturated heterocycles. The van der Waals surface area contributed by atoms with Crippen molar-refractivity contribution < 1.29 is 47.3 Å². The molecule has 4 aliphatic heterocycles. The summed E-state index contributed by atoms with van der Waals surface area (Å²) in [4.78, 5) is 48.1. The number of ether oxygens (including phenoxy) is 5. The van der Waals surface area contributed by atoms with Gasteiger partial charge in [0, 0.05) is 26.7 Å². The number of carbonyl (C=O) groups excluding carboxylic acids is 4. The van der Waals surface area contributed by atoms with Gasteiger partial charge in [-0.3, -0.25) is 14.4 Å². The number of fused-ring (bicyclic) bond motifs is 4. The Morgan fingerprint density at radius 3 is 2.68 bits per heavy atom. The maximum atomic E-state index is 13.0. The van der Waals surface area contributed by atoms with Gasteiger partial charge in [-0.2, -0.15) is 0 Å². The highest BCUT2D eigenvalue weighted by Gasteiger charge is 2.79. The maximum Gasteiger partial charge on any atom is 0.345 e. The van der Waals surface area contributed by atoms with Crippen molar-refractivity contribution in [2.45, 2.75) is 75.7 Å². The van der Waals surface area contributed by atoms with Crippen LogP contribution in [-0.2, 0) is 44.5 Å². The second-order valence-electron chi connectivity index (χ2n) is 9.61. The van der Waals surface area contributed by atoms with Crippen LogP contribution >= 0.6 is 0 Å². The Hall–Kier alpha value is -2.98. The van der Waals surface area contributed by atoms with Crippen LogP contribution in [0.5, 0.6) is 0 Å². The van der Waals surface area contributed by atoms with Crippen LogP contribution in [0.25, 0.3) is 0 Å². The van der Waals surface area contributed by atoms with Crippen molar-refractivity contribution in [3.8, 4) is 0 Å². The molecule has 0 aromatic carbocycles. The second-order valence-corrected chi connectivity index (χ2v) is 9.61. The minimum Gasteiger partial charge on any atom is -0.462 e. The van der Waals surface area contributed by atoms with Crippen LogP contribution < -0.4 is 0 Å². The lowest BCUT2D eigenvalue weighted by Crippen LogP contribution is -2.42. The van der Waals surface area contributed by atoms with Crippen molar-refractivity contribution >= 4 is 24.2 Å². The predicted octanol–water partition coefficient (Wildman–Crippen LogP) is 1.99. The fourth-order valence-electron chi connectivity index (χ4n) is 5.22. The monoisotopic (exact) mass is 474 g/mol. The average Bonchev–Trinajstić information content (AvgIpc) is 3.59. The molecule has 182 valence electrons. The Bertz CT molecular complexity index is 1090. The van der Waals surface area contributed by atoms with E-state index >= 15 is 0 Å². The highest BCUT2D eigenvalue weighted by molar-refractivity contribution is 5.88. The molecular formula is C24H26O10. The third kappa shape index (κ3) is 3.65. The van der Waals surface area contributed by atoms with Crippen LogP contribution in [0.2, 0.25) is 0 Å². The van der Waals surface area contributed by atoms with Gasteiger partial charge in [-0.15, -0.1) is 0 Å². The summed E-state index contributed by atoms with van der Waals surface area (Å²) >= 11 is 0. The molecule has 4 bridgehead atoms. The minimum absolute atomic E-state index is 0.0784. The third-order valence-electron chi connectivity index (χ3n) is 7.09. The zero-order valence-corrected chi connectivity index (χ0v) is 19.2. The van der Waals surface area contributed by atoms with Crippen LogP contribution in [0.15, 0.2) is 22.6 Å². The van der Waals surface area contributed by atoms with E-state index in [-0.39, 0.29) is 19.4 Å². The van der Waals surface area contributed by atoms with Crippen molar-refractivity contribution in [2.75, 3.05) is 6.61 Å². The smallest absolute Gasteiger partial charge is 0.345 e.